The summed E-state index contributed by atoms with van der Waals surface area (Å²) in [6, 6.07) is 37.7. The maximum absolute atomic E-state index is 8.44. The van der Waals surface area contributed by atoms with Gasteiger partial charge in [0.05, 0.1) is 36.9 Å². The Morgan fingerprint density at radius 2 is 0.708 bits per heavy atom. The summed E-state index contributed by atoms with van der Waals surface area (Å²) in [5, 5.41) is 7.91. The molecule has 0 radical (unpaired) electrons. The lowest BCUT2D eigenvalue weighted by molar-refractivity contribution is 0.263. The zero-order valence-corrected chi connectivity index (χ0v) is 56.8. The third-order valence-electron chi connectivity index (χ3n) is 18.9. The number of pyridine rings is 4. The van der Waals surface area contributed by atoms with Gasteiger partial charge in [-0.15, -0.1) is 0 Å². The average molecular weight is 1290 g/mol. The molecule has 0 bridgehead atoms. The van der Waals surface area contributed by atoms with Gasteiger partial charge in [0.1, 0.15) is 24.7 Å². The molecule has 12 heterocycles. The van der Waals surface area contributed by atoms with E-state index in [-0.39, 0.29) is 18.5 Å². The number of rotatable bonds is 6. The van der Waals surface area contributed by atoms with E-state index in [9.17, 15) is 0 Å². The van der Waals surface area contributed by atoms with Gasteiger partial charge in [-0.2, -0.15) is 0 Å². The van der Waals surface area contributed by atoms with E-state index in [2.05, 4.69) is 67.8 Å². The van der Waals surface area contributed by atoms with Gasteiger partial charge >= 0.3 is 0 Å². The molecule has 16 heteroatoms. The first-order valence-corrected chi connectivity index (χ1v) is 32.4. The van der Waals surface area contributed by atoms with E-state index in [4.69, 9.17) is 32.7 Å². The van der Waals surface area contributed by atoms with Crippen LogP contribution in [0.4, 0.5) is 34.1 Å². The van der Waals surface area contributed by atoms with Crippen molar-refractivity contribution in [2.75, 3.05) is 38.5 Å². The molecule has 0 saturated heterocycles. The Labute approximate surface area is 577 Å². The van der Waals surface area contributed by atoms with Gasteiger partial charge in [-0.25, -0.2) is 19.9 Å². The molecule has 13 aromatic rings. The van der Waals surface area contributed by atoms with Gasteiger partial charge in [-0.1, -0.05) is 60.7 Å². The van der Waals surface area contributed by atoms with Crippen molar-refractivity contribution < 1.29 is 32.7 Å². The third-order valence-corrected chi connectivity index (χ3v) is 18.9. The fourth-order valence-corrected chi connectivity index (χ4v) is 13.8. The summed E-state index contributed by atoms with van der Waals surface area (Å²) in [7, 11) is 0. The number of para-hydroxylation sites is 2. The predicted octanol–water partition coefficient (Wildman–Crippen LogP) is 19.6. The summed E-state index contributed by atoms with van der Waals surface area (Å²) in [4.78, 5) is 32.7. The molecular formula is C80H86N12O4. The molecule has 0 spiro atoms. The number of anilines is 6. The van der Waals surface area contributed by atoms with Crippen LogP contribution in [0.3, 0.4) is 0 Å². The summed E-state index contributed by atoms with van der Waals surface area (Å²) >= 11 is 0. The minimum absolute atomic E-state index is 0.0414. The van der Waals surface area contributed by atoms with Crippen molar-refractivity contribution in [3.63, 3.8) is 0 Å². The summed E-state index contributed by atoms with van der Waals surface area (Å²) in [5.74, 6) is 0. The first-order chi connectivity index (χ1) is 50.3. The van der Waals surface area contributed by atoms with Crippen LogP contribution < -0.4 is 24.5 Å². The molecule has 0 N–H and O–H groups in total. The van der Waals surface area contributed by atoms with Crippen LogP contribution in [-0.4, -0.2) is 85.3 Å². The van der Waals surface area contributed by atoms with Crippen LogP contribution in [0.5, 0.6) is 0 Å². The highest BCUT2D eigenvalue weighted by Gasteiger charge is 2.35. The number of hydrogen-bond donors (Lipinski definition) is 0. The molecule has 490 valence electrons. The van der Waals surface area contributed by atoms with Crippen LogP contribution >= 0.6 is 0 Å². The number of aromatic nitrogens is 4. The number of fused-ring (bicyclic) bond motifs is 13. The number of furan rings is 4. The Hall–Kier alpha value is -10.5. The topological polar surface area (TPSA) is 130 Å². The van der Waals surface area contributed by atoms with Crippen LogP contribution in [0.25, 0.3) is 88.3 Å². The largest absolute Gasteiger partial charge is 0.435 e. The SMILES string of the molecule is [2H]C(C)(C)N1C=CN(c2c(C)ccc3c2oc2nc(C)ccc23)C1C.[2H]C([2H])([2H])C([2H])(C)N1C=CN(c2c(C)ccc3c2oc2nc(C)ccc23)C1C.[2H]C([2H])([2H])N1C=CN(c2c(C)ccc3c2oc2nc(C)ccc23)C1C.[2H]C([2H])([2H])N1c2ccccc2N(c2c(C)ccc3c2oc2nc(C)ccc23)C1C. The normalized spacial score (nSPS) is 20.4. The highest BCUT2D eigenvalue weighted by Crippen LogP contribution is 2.49. The molecule has 5 unspecified atom stereocenters. The minimum atomic E-state index is -2.44. The molecule has 8 aromatic heterocycles. The van der Waals surface area contributed by atoms with Crippen LogP contribution in [-0.2, 0) is 0 Å². The monoisotopic (exact) mass is 1290 g/mol. The smallest absolute Gasteiger partial charge is 0.227 e. The van der Waals surface area contributed by atoms with Gasteiger partial charge in [-0.3, -0.25) is 0 Å². The van der Waals surface area contributed by atoms with Gasteiger partial charge in [0.25, 0.3) is 0 Å². The Morgan fingerprint density at radius 1 is 0.365 bits per heavy atom. The Kier molecular flexibility index (Phi) is 12.9. The Bertz CT molecular complexity index is 5600. The quantitative estimate of drug-likeness (QED) is 0.156. The lowest BCUT2D eigenvalue weighted by atomic mass is 10.1. The molecule has 5 aromatic carbocycles. The fourth-order valence-electron chi connectivity index (χ4n) is 13.8. The second kappa shape index (κ2) is 24.4. The second-order valence-electron chi connectivity index (χ2n) is 25.7. The molecule has 0 fully saturated rings. The standard InChI is InChI=1S/C22H21N3O.2C20H23N3O.C18H19N3O/c1-13-9-11-16-17-12-10-14(2)23-22(17)26-21(16)20(13)25-15(3)24(4)18-7-5-6-8-19(18)25;2*1-12(2)22-10-11-23(15(22)5)18-13(3)6-8-16-17-9-7-14(4)21-20(17)24-19(16)18;1-11-5-7-14-15-8-6-12(2)19-18(15)22-17(14)16(11)21-10-9-20(4)13(21)3/h5-12,15H,1-4H3;2*6-12,15H,1-5H3;5-10,13H,1-4H3/i4D3;1D3,12D;12D;4D3. The van der Waals surface area contributed by atoms with Crippen molar-refractivity contribution in [1.29, 1.82) is 0 Å². The zero-order chi connectivity index (χ0) is 76.8. The molecule has 0 saturated carbocycles. The van der Waals surface area contributed by atoms with E-state index in [1.807, 2.05) is 213 Å². The molecule has 4 aliphatic rings. The molecule has 96 heavy (non-hydrogen) atoms. The van der Waals surface area contributed by atoms with Gasteiger partial charge in [0, 0.05) is 141 Å². The van der Waals surface area contributed by atoms with E-state index < -0.39 is 39.0 Å². The molecule has 17 rings (SSSR count). The van der Waals surface area contributed by atoms with E-state index in [1.165, 1.54) is 16.7 Å². The number of nitrogens with zero attached hydrogens (tertiary/aromatic N) is 12. The predicted molar refractivity (Wildman–Crippen MR) is 395 cm³/mol. The average Bonchev–Trinajstić information content (AvgIpc) is 1.59. The van der Waals surface area contributed by atoms with Crippen molar-refractivity contribution in [1.82, 2.24) is 34.6 Å². The van der Waals surface area contributed by atoms with Crippen molar-refractivity contribution in [3.8, 4) is 0 Å². The molecule has 0 amide bonds. The fraction of sp³-hybridized carbons (Fsp3) is 0.300. The van der Waals surface area contributed by atoms with Gasteiger partial charge in [0.2, 0.25) is 22.9 Å². The van der Waals surface area contributed by atoms with Gasteiger partial charge in [0.15, 0.2) is 22.3 Å². The van der Waals surface area contributed by atoms with Gasteiger partial charge < -0.3 is 56.9 Å². The zero-order valence-electron chi connectivity index (χ0n) is 67.8. The first-order valence-electron chi connectivity index (χ1n) is 37.9. The summed E-state index contributed by atoms with van der Waals surface area (Å²) in [5.41, 5.74) is 18.5. The molecule has 4 aliphatic heterocycles. The lowest BCUT2D eigenvalue weighted by Crippen LogP contribution is -2.39. The highest BCUT2D eigenvalue weighted by molar-refractivity contribution is 6.12. The maximum atomic E-state index is 8.44. The second-order valence-corrected chi connectivity index (χ2v) is 25.7. The van der Waals surface area contributed by atoms with Crippen LogP contribution in [0.15, 0.2) is 176 Å². The van der Waals surface area contributed by atoms with Crippen molar-refractivity contribution in [2.45, 2.75) is 147 Å². The molecule has 16 nitrogen and oxygen atoms in total. The Morgan fingerprint density at radius 3 is 1.06 bits per heavy atom. The summed E-state index contributed by atoms with van der Waals surface area (Å²) < 4.78 is 112. The molecule has 5 atom stereocenters. The highest BCUT2D eigenvalue weighted by atomic mass is 16.4. The first kappa shape index (κ1) is 50.9. The Balaban J connectivity index is 0.000000120. The minimum Gasteiger partial charge on any atom is -0.435 e. The van der Waals surface area contributed by atoms with E-state index in [1.54, 1.807) is 23.5 Å². The van der Waals surface area contributed by atoms with Crippen molar-refractivity contribution in [2.24, 2.45) is 0 Å². The number of hydrogen-bond acceptors (Lipinski definition) is 16. The number of aryl methyl sites for hydroxylation is 8. The van der Waals surface area contributed by atoms with Crippen LogP contribution in [0.2, 0.25) is 0 Å². The lowest BCUT2D eigenvalue weighted by Gasteiger charge is -2.33. The molecular weight excluding hydrogens is 1190 g/mol. The number of benzene rings is 5. The van der Waals surface area contributed by atoms with E-state index in [0.29, 0.717) is 34.1 Å². The van der Waals surface area contributed by atoms with Gasteiger partial charge in [-0.05, 0) is 194 Å². The maximum Gasteiger partial charge on any atom is 0.227 e. The summed E-state index contributed by atoms with van der Waals surface area (Å²) in [6.07, 6.45) is 9.88. The summed E-state index contributed by atoms with van der Waals surface area (Å²) in [6.45, 7) is 22.0. The van der Waals surface area contributed by atoms with E-state index >= 15 is 0 Å². The van der Waals surface area contributed by atoms with Crippen LogP contribution in [0, 0.1) is 55.4 Å². The third kappa shape index (κ3) is 10.6. The van der Waals surface area contributed by atoms with Crippen LogP contribution in [0.1, 0.15) is 115 Å². The van der Waals surface area contributed by atoms with Crippen molar-refractivity contribution in [3.05, 3.63) is 204 Å². The van der Waals surface area contributed by atoms with E-state index in [0.717, 1.165) is 133 Å². The van der Waals surface area contributed by atoms with Crippen molar-refractivity contribution >= 4 is 122 Å². The molecule has 0 aliphatic carbocycles.